The Morgan fingerprint density at radius 2 is 1.97 bits per heavy atom. The molecule has 0 bridgehead atoms. The summed E-state index contributed by atoms with van der Waals surface area (Å²) in [6.07, 6.45) is 1.66. The summed E-state index contributed by atoms with van der Waals surface area (Å²) in [6, 6.07) is 14.9. The lowest BCUT2D eigenvalue weighted by Crippen LogP contribution is -2.32. The van der Waals surface area contributed by atoms with Crippen LogP contribution in [0.3, 0.4) is 0 Å². The van der Waals surface area contributed by atoms with Crippen molar-refractivity contribution in [2.24, 2.45) is 0 Å². The minimum atomic E-state index is -1.37. The third-order valence-corrected chi connectivity index (χ3v) is 6.66. The van der Waals surface area contributed by atoms with E-state index in [-0.39, 0.29) is 5.91 Å². The second kappa shape index (κ2) is 7.99. The van der Waals surface area contributed by atoms with E-state index in [9.17, 15) is 9.59 Å². The van der Waals surface area contributed by atoms with Crippen LogP contribution < -0.4 is 5.32 Å². The Balaban J connectivity index is 1.98. The second-order valence-corrected chi connectivity index (χ2v) is 9.00. The zero-order chi connectivity index (χ0) is 24.2. The van der Waals surface area contributed by atoms with Crippen LogP contribution in [0.1, 0.15) is 52.3 Å². The Kier molecular flexibility index (Phi) is 5.21. The van der Waals surface area contributed by atoms with Gasteiger partial charge in [-0.05, 0) is 62.7 Å². The Hall–Kier alpha value is -3.64. The number of nitrogens with zero attached hydrogens (tertiary/aromatic N) is 2. The molecule has 1 unspecified atom stereocenters. The largest absolute Gasteiger partial charge is 0.439 e. The van der Waals surface area contributed by atoms with Crippen LogP contribution in [0.5, 0.6) is 0 Å². The number of anilines is 1. The first kappa shape index (κ1) is 22.2. The lowest BCUT2D eigenvalue weighted by molar-refractivity contribution is -0.114. The van der Waals surface area contributed by atoms with Gasteiger partial charge >= 0.3 is 5.97 Å². The molecule has 0 saturated carbocycles. The normalized spacial score (nSPS) is 17.0. The van der Waals surface area contributed by atoms with Crippen molar-refractivity contribution in [3.05, 3.63) is 93.4 Å². The number of rotatable bonds is 4. The number of esters is 1. The number of carbonyl (C=O) groups is 2. The van der Waals surface area contributed by atoms with Crippen molar-refractivity contribution >= 4 is 40.1 Å². The van der Waals surface area contributed by atoms with Crippen molar-refractivity contribution in [1.82, 2.24) is 9.55 Å². The molecule has 1 aliphatic rings. The summed E-state index contributed by atoms with van der Waals surface area (Å²) < 4.78 is 8.50. The molecule has 7 heteroatoms. The number of amides is 1. The number of aryl methyl sites for hydroxylation is 2. The monoisotopic (exact) mass is 473 g/mol. The minimum absolute atomic E-state index is 0.219. The van der Waals surface area contributed by atoms with Crippen molar-refractivity contribution in [1.29, 1.82) is 0 Å². The van der Waals surface area contributed by atoms with Gasteiger partial charge in [0.05, 0.1) is 5.56 Å². The van der Waals surface area contributed by atoms with Gasteiger partial charge in [-0.1, -0.05) is 23.7 Å². The van der Waals surface area contributed by atoms with E-state index >= 15 is 0 Å². The predicted molar refractivity (Wildman–Crippen MR) is 132 cm³/mol. The predicted octanol–water partition coefficient (Wildman–Crippen LogP) is 5.75. The maximum atomic E-state index is 13.2. The van der Waals surface area contributed by atoms with Crippen LogP contribution in [0, 0.1) is 13.8 Å². The van der Waals surface area contributed by atoms with Crippen LogP contribution in [-0.4, -0.2) is 21.4 Å². The highest BCUT2D eigenvalue weighted by Crippen LogP contribution is 2.52. The number of cyclic esters (lactones) is 1. The van der Waals surface area contributed by atoms with Crippen LogP contribution in [0.2, 0.25) is 5.02 Å². The highest BCUT2D eigenvalue weighted by Gasteiger charge is 2.53. The standard InChI is InChI=1S/C27H24ClN3O3/c1-5-31-16(3)24(20-14-18(28)9-11-23(20)31)27(25-19(26(33)34-27)7-6-12-29-25)21-10-8-15(2)13-22(21)30-17(4)32/h6-14H,5H2,1-4H3,(H,30,32). The zero-order valence-electron chi connectivity index (χ0n) is 19.4. The van der Waals surface area contributed by atoms with E-state index in [0.717, 1.165) is 34.3 Å². The van der Waals surface area contributed by atoms with Gasteiger partial charge in [0.25, 0.3) is 0 Å². The molecule has 5 rings (SSSR count). The molecule has 34 heavy (non-hydrogen) atoms. The molecule has 3 heterocycles. The van der Waals surface area contributed by atoms with Crippen LogP contribution >= 0.6 is 11.6 Å². The number of aromatic nitrogens is 2. The molecule has 0 fully saturated rings. The van der Waals surface area contributed by atoms with Crippen molar-refractivity contribution in [3.63, 3.8) is 0 Å². The van der Waals surface area contributed by atoms with E-state index < -0.39 is 11.6 Å². The quantitative estimate of drug-likeness (QED) is 0.383. The molecule has 0 aliphatic carbocycles. The Bertz CT molecular complexity index is 1490. The first-order chi connectivity index (χ1) is 16.3. The molecule has 172 valence electrons. The molecule has 1 atom stereocenters. The summed E-state index contributed by atoms with van der Waals surface area (Å²) in [5.41, 5.74) is 4.39. The van der Waals surface area contributed by atoms with Crippen molar-refractivity contribution in [3.8, 4) is 0 Å². The van der Waals surface area contributed by atoms with Gasteiger partial charge in [-0.2, -0.15) is 0 Å². The van der Waals surface area contributed by atoms with E-state index in [2.05, 4.69) is 21.8 Å². The Morgan fingerprint density at radius 3 is 2.71 bits per heavy atom. The fraction of sp³-hybridized carbons (Fsp3) is 0.222. The maximum Gasteiger partial charge on any atom is 0.341 e. The van der Waals surface area contributed by atoms with Gasteiger partial charge in [-0.25, -0.2) is 4.79 Å². The minimum Gasteiger partial charge on any atom is -0.439 e. The van der Waals surface area contributed by atoms with Gasteiger partial charge < -0.3 is 14.6 Å². The highest BCUT2D eigenvalue weighted by atomic mass is 35.5. The first-order valence-electron chi connectivity index (χ1n) is 11.1. The van der Waals surface area contributed by atoms with Gasteiger partial charge in [-0.15, -0.1) is 0 Å². The van der Waals surface area contributed by atoms with Crippen molar-refractivity contribution < 1.29 is 14.3 Å². The van der Waals surface area contributed by atoms with Gasteiger partial charge in [0, 0.05) is 58.1 Å². The number of pyridine rings is 1. The summed E-state index contributed by atoms with van der Waals surface area (Å²) in [4.78, 5) is 30.1. The molecular weight excluding hydrogens is 450 g/mol. The first-order valence-corrected chi connectivity index (χ1v) is 11.5. The number of ether oxygens (including phenoxy) is 1. The molecule has 1 amide bonds. The van der Waals surface area contributed by atoms with E-state index in [1.807, 2.05) is 50.2 Å². The zero-order valence-corrected chi connectivity index (χ0v) is 20.2. The lowest BCUT2D eigenvalue weighted by atomic mass is 9.80. The van der Waals surface area contributed by atoms with Gasteiger partial charge in [0.2, 0.25) is 11.5 Å². The van der Waals surface area contributed by atoms with Crippen LogP contribution in [-0.2, 0) is 21.7 Å². The third kappa shape index (κ3) is 3.13. The molecule has 0 radical (unpaired) electrons. The van der Waals surface area contributed by atoms with E-state index in [1.54, 1.807) is 18.3 Å². The molecule has 0 saturated heterocycles. The Morgan fingerprint density at radius 1 is 1.18 bits per heavy atom. The molecule has 2 aromatic carbocycles. The summed E-state index contributed by atoms with van der Waals surface area (Å²) in [5, 5.41) is 4.39. The molecule has 6 nitrogen and oxygen atoms in total. The summed E-state index contributed by atoms with van der Waals surface area (Å²) in [5.74, 6) is -0.681. The number of hydrogen-bond donors (Lipinski definition) is 1. The number of benzene rings is 2. The summed E-state index contributed by atoms with van der Waals surface area (Å²) >= 11 is 6.45. The molecule has 4 aromatic rings. The third-order valence-electron chi connectivity index (χ3n) is 6.43. The summed E-state index contributed by atoms with van der Waals surface area (Å²) in [7, 11) is 0. The average Bonchev–Trinajstić information content (AvgIpc) is 3.24. The lowest BCUT2D eigenvalue weighted by Gasteiger charge is -2.31. The van der Waals surface area contributed by atoms with Gasteiger partial charge in [0.15, 0.2) is 0 Å². The number of fused-ring (bicyclic) bond motifs is 2. The van der Waals surface area contributed by atoms with Gasteiger partial charge in [0.1, 0.15) is 5.69 Å². The van der Waals surface area contributed by atoms with E-state index in [0.29, 0.717) is 27.5 Å². The molecular formula is C27H24ClN3O3. The maximum absolute atomic E-state index is 13.2. The topological polar surface area (TPSA) is 73.2 Å². The van der Waals surface area contributed by atoms with Crippen LogP contribution in [0.4, 0.5) is 5.69 Å². The van der Waals surface area contributed by atoms with Crippen molar-refractivity contribution in [2.45, 2.75) is 39.8 Å². The van der Waals surface area contributed by atoms with Crippen LogP contribution in [0.25, 0.3) is 10.9 Å². The number of carbonyl (C=O) groups excluding carboxylic acids is 2. The fourth-order valence-electron chi connectivity index (χ4n) is 5.14. The highest BCUT2D eigenvalue weighted by molar-refractivity contribution is 6.31. The van der Waals surface area contributed by atoms with E-state index in [4.69, 9.17) is 16.3 Å². The number of hydrogen-bond acceptors (Lipinski definition) is 4. The fourth-order valence-corrected chi connectivity index (χ4v) is 5.32. The summed E-state index contributed by atoms with van der Waals surface area (Å²) in [6.45, 7) is 8.20. The number of halogens is 1. The smallest absolute Gasteiger partial charge is 0.341 e. The molecule has 1 aliphatic heterocycles. The van der Waals surface area contributed by atoms with Crippen molar-refractivity contribution in [2.75, 3.05) is 5.32 Å². The number of nitrogens with one attached hydrogen (secondary N) is 1. The second-order valence-electron chi connectivity index (χ2n) is 8.57. The molecule has 0 spiro atoms. The van der Waals surface area contributed by atoms with E-state index in [1.165, 1.54) is 6.92 Å². The molecule has 1 N–H and O–H groups in total. The van der Waals surface area contributed by atoms with Crippen LogP contribution in [0.15, 0.2) is 54.7 Å². The Labute approximate surface area is 202 Å². The average molecular weight is 474 g/mol. The van der Waals surface area contributed by atoms with Gasteiger partial charge in [-0.3, -0.25) is 9.78 Å². The molecule has 2 aromatic heterocycles. The SMILES string of the molecule is CCn1c(C)c(C2(c3ccc(C)cc3NC(C)=O)OC(=O)c3cccnc32)c2cc(Cl)ccc21.